The molecule has 8 heteroatoms. The molecule has 2 aliphatic rings. The Morgan fingerprint density at radius 3 is 2.29 bits per heavy atom. The molecule has 0 spiro atoms. The number of nitriles is 1. The molecule has 1 aromatic heterocycles. The van der Waals surface area contributed by atoms with Gasteiger partial charge in [-0.1, -0.05) is 25.3 Å². The minimum Gasteiger partial charge on any atom is -0.372 e. The first-order chi connectivity index (χ1) is 17.1. The van der Waals surface area contributed by atoms with Crippen LogP contribution >= 0.6 is 11.8 Å². The number of benzene rings is 2. The van der Waals surface area contributed by atoms with Crippen molar-refractivity contribution in [3.63, 3.8) is 0 Å². The van der Waals surface area contributed by atoms with Crippen molar-refractivity contribution >= 4 is 23.3 Å². The molecule has 1 aliphatic carbocycles. The fourth-order valence-corrected chi connectivity index (χ4v) is 5.33. The van der Waals surface area contributed by atoms with Crippen molar-refractivity contribution in [2.45, 2.75) is 38.1 Å². The molecule has 2 heterocycles. The number of rotatable bonds is 4. The van der Waals surface area contributed by atoms with Crippen LogP contribution in [-0.2, 0) is 0 Å². The molecule has 6 nitrogen and oxygen atoms in total. The number of hydrogen-bond acceptors (Lipinski definition) is 6. The smallest absolute Gasteiger partial charge is 0.148 e. The first-order valence-electron chi connectivity index (χ1n) is 12.3. The molecule has 0 bridgehead atoms. The minimum absolute atomic E-state index is 0.0349. The second-order valence-corrected chi connectivity index (χ2v) is 10.1. The van der Waals surface area contributed by atoms with Gasteiger partial charge in [0.15, 0.2) is 0 Å². The quantitative estimate of drug-likeness (QED) is 0.506. The lowest BCUT2D eigenvalue weighted by Crippen LogP contribution is -2.32. The van der Waals surface area contributed by atoms with Crippen molar-refractivity contribution in [2.24, 2.45) is 5.73 Å². The number of nitrogens with two attached hydrogens (primary N) is 1. The third kappa shape index (κ3) is 6.36. The van der Waals surface area contributed by atoms with Gasteiger partial charge < -0.3 is 16.0 Å². The monoisotopic (exact) mass is 492 g/mol. The highest BCUT2D eigenvalue weighted by atomic mass is 32.2. The summed E-state index contributed by atoms with van der Waals surface area (Å²) in [5.41, 5.74) is 9.20. The minimum atomic E-state index is -0.530. The first kappa shape index (κ1) is 25.1. The summed E-state index contributed by atoms with van der Waals surface area (Å²) in [6.45, 7) is 2.12. The Kier molecular flexibility index (Phi) is 8.67. The standard InChI is InChI=1S/C21H20FN5S.C6H13N/c1-24-21-13-20(15-2-3-16(14-23)19(22)12-15)27(25-21)18-6-4-17(5-7-18)26-8-10-28-11-9-26;7-6-4-2-1-3-5-6/h2-7,12-13H,8-11H2,1H3,(H,24,25);6H,1-5,7H2. The van der Waals surface area contributed by atoms with Gasteiger partial charge in [-0.3, -0.25) is 0 Å². The Morgan fingerprint density at radius 2 is 1.71 bits per heavy atom. The van der Waals surface area contributed by atoms with Crippen molar-refractivity contribution in [1.82, 2.24) is 9.78 Å². The van der Waals surface area contributed by atoms with Crippen molar-refractivity contribution < 1.29 is 4.39 Å². The summed E-state index contributed by atoms with van der Waals surface area (Å²) in [5, 5.41) is 16.6. The van der Waals surface area contributed by atoms with E-state index >= 15 is 0 Å². The summed E-state index contributed by atoms with van der Waals surface area (Å²) >= 11 is 1.99. The van der Waals surface area contributed by atoms with Crippen LogP contribution in [0, 0.1) is 17.1 Å². The molecule has 0 unspecified atom stereocenters. The maximum absolute atomic E-state index is 14.1. The van der Waals surface area contributed by atoms with Crippen molar-refractivity contribution in [3.05, 3.63) is 59.9 Å². The number of anilines is 2. The van der Waals surface area contributed by atoms with Gasteiger partial charge in [-0.25, -0.2) is 9.07 Å². The number of halogens is 1. The van der Waals surface area contributed by atoms with Gasteiger partial charge >= 0.3 is 0 Å². The van der Waals surface area contributed by atoms with Crippen LogP contribution in [0.1, 0.15) is 37.7 Å². The number of nitrogens with one attached hydrogen (secondary N) is 1. The van der Waals surface area contributed by atoms with Crippen molar-refractivity contribution in [3.8, 4) is 23.0 Å². The van der Waals surface area contributed by atoms with Crippen LogP contribution in [0.5, 0.6) is 0 Å². The summed E-state index contributed by atoms with van der Waals surface area (Å²) in [7, 11) is 1.80. The predicted octanol–water partition coefficient (Wildman–Crippen LogP) is 5.42. The van der Waals surface area contributed by atoms with Gasteiger partial charge in [0.2, 0.25) is 0 Å². The second-order valence-electron chi connectivity index (χ2n) is 8.90. The molecular weight excluding hydrogens is 459 g/mol. The highest BCUT2D eigenvalue weighted by Crippen LogP contribution is 2.29. The van der Waals surface area contributed by atoms with Gasteiger partial charge in [-0.2, -0.15) is 17.0 Å². The third-order valence-electron chi connectivity index (χ3n) is 6.47. The van der Waals surface area contributed by atoms with E-state index in [0.717, 1.165) is 36.0 Å². The predicted molar refractivity (Wildman–Crippen MR) is 144 cm³/mol. The van der Waals surface area contributed by atoms with Gasteiger partial charge in [0.1, 0.15) is 17.7 Å². The SMILES string of the molecule is CNc1cc(-c2ccc(C#N)c(F)c2)n(-c2ccc(N3CCSCC3)cc2)n1.NC1CCCCC1. The third-order valence-corrected chi connectivity index (χ3v) is 7.41. The Morgan fingerprint density at radius 1 is 1.03 bits per heavy atom. The van der Waals surface area contributed by atoms with Crippen LogP contribution in [0.2, 0.25) is 0 Å². The molecule has 3 N–H and O–H groups in total. The van der Waals surface area contributed by atoms with E-state index in [1.165, 1.54) is 49.9 Å². The van der Waals surface area contributed by atoms with Gasteiger partial charge in [0.05, 0.1) is 16.9 Å². The molecule has 3 aromatic rings. The van der Waals surface area contributed by atoms with E-state index < -0.39 is 5.82 Å². The van der Waals surface area contributed by atoms with Crippen LogP contribution in [0.15, 0.2) is 48.5 Å². The normalized spacial score (nSPS) is 16.2. The molecule has 1 aliphatic heterocycles. The fraction of sp³-hybridized carbons (Fsp3) is 0.407. The Bertz CT molecular complexity index is 1140. The average Bonchev–Trinajstić information content (AvgIpc) is 3.35. The molecule has 184 valence electrons. The number of aromatic nitrogens is 2. The molecule has 2 aromatic carbocycles. The van der Waals surface area contributed by atoms with Crippen molar-refractivity contribution in [1.29, 1.82) is 5.26 Å². The topological polar surface area (TPSA) is 82.9 Å². The van der Waals surface area contributed by atoms with E-state index in [1.807, 2.05) is 36.0 Å². The molecule has 0 radical (unpaired) electrons. The van der Waals surface area contributed by atoms with E-state index in [0.29, 0.717) is 17.4 Å². The van der Waals surface area contributed by atoms with Crippen LogP contribution in [0.4, 0.5) is 15.9 Å². The molecule has 35 heavy (non-hydrogen) atoms. The zero-order valence-electron chi connectivity index (χ0n) is 20.2. The van der Waals surface area contributed by atoms with Crippen LogP contribution < -0.4 is 16.0 Å². The Hall–Kier alpha value is -3.02. The summed E-state index contributed by atoms with van der Waals surface area (Å²) < 4.78 is 15.9. The highest BCUT2D eigenvalue weighted by Gasteiger charge is 2.15. The molecule has 5 rings (SSSR count). The van der Waals surface area contributed by atoms with Gasteiger partial charge in [0, 0.05) is 55.0 Å². The summed E-state index contributed by atoms with van der Waals surface area (Å²) in [6, 6.07) is 17.2. The van der Waals surface area contributed by atoms with E-state index in [4.69, 9.17) is 11.0 Å². The van der Waals surface area contributed by atoms with Crippen LogP contribution in [0.25, 0.3) is 16.9 Å². The Labute approximate surface area is 211 Å². The lowest BCUT2D eigenvalue weighted by molar-refractivity contribution is 0.441. The van der Waals surface area contributed by atoms with E-state index in [-0.39, 0.29) is 5.56 Å². The number of thioether (sulfide) groups is 1. The van der Waals surface area contributed by atoms with Crippen LogP contribution in [0.3, 0.4) is 0 Å². The second kappa shape index (κ2) is 12.1. The molecule has 1 saturated carbocycles. The molecule has 1 saturated heterocycles. The fourth-order valence-electron chi connectivity index (χ4n) is 4.43. The average molecular weight is 493 g/mol. The maximum Gasteiger partial charge on any atom is 0.148 e. The molecule has 0 amide bonds. The van der Waals surface area contributed by atoms with E-state index in [2.05, 4.69) is 27.4 Å². The molecule has 2 fully saturated rings. The zero-order valence-corrected chi connectivity index (χ0v) is 21.0. The van der Waals surface area contributed by atoms with Crippen LogP contribution in [-0.4, -0.2) is 47.5 Å². The number of hydrogen-bond donors (Lipinski definition) is 2. The van der Waals surface area contributed by atoms with Crippen molar-refractivity contribution in [2.75, 3.05) is 41.9 Å². The Balaban J connectivity index is 0.000000356. The van der Waals surface area contributed by atoms with Gasteiger partial charge in [0.25, 0.3) is 0 Å². The summed E-state index contributed by atoms with van der Waals surface area (Å²) in [4.78, 5) is 2.39. The molecular formula is C27H33FN6S. The summed E-state index contributed by atoms with van der Waals surface area (Å²) in [5.74, 6) is 2.47. The number of nitrogens with zero attached hydrogens (tertiary/aromatic N) is 4. The largest absolute Gasteiger partial charge is 0.372 e. The van der Waals surface area contributed by atoms with Gasteiger partial charge in [-0.15, -0.1) is 5.10 Å². The summed E-state index contributed by atoms with van der Waals surface area (Å²) in [6.07, 6.45) is 6.66. The lowest BCUT2D eigenvalue weighted by Gasteiger charge is -2.28. The molecule has 0 atom stereocenters. The lowest BCUT2D eigenvalue weighted by atomic mass is 9.97. The first-order valence-corrected chi connectivity index (χ1v) is 13.4. The zero-order chi connectivity index (χ0) is 24.6. The van der Waals surface area contributed by atoms with E-state index in [9.17, 15) is 4.39 Å². The highest BCUT2D eigenvalue weighted by molar-refractivity contribution is 7.99. The van der Waals surface area contributed by atoms with Gasteiger partial charge in [-0.05, 0) is 49.2 Å². The maximum atomic E-state index is 14.1. The van der Waals surface area contributed by atoms with E-state index in [1.54, 1.807) is 17.8 Å².